The summed E-state index contributed by atoms with van der Waals surface area (Å²) in [6.07, 6.45) is 5.20. The van der Waals surface area contributed by atoms with Crippen LogP contribution in [0.25, 0.3) is 11.5 Å². The van der Waals surface area contributed by atoms with E-state index < -0.39 is 0 Å². The van der Waals surface area contributed by atoms with E-state index in [2.05, 4.69) is 30.7 Å². The van der Waals surface area contributed by atoms with E-state index in [1.165, 1.54) is 25.5 Å². The van der Waals surface area contributed by atoms with Crippen molar-refractivity contribution in [3.05, 3.63) is 41.9 Å². The molecule has 0 aromatic carbocycles. The van der Waals surface area contributed by atoms with Gasteiger partial charge < -0.3 is 24.5 Å². The zero-order valence-corrected chi connectivity index (χ0v) is 16.4. The molecule has 4 heterocycles. The number of rotatable bonds is 7. The van der Waals surface area contributed by atoms with Gasteiger partial charge in [-0.3, -0.25) is 4.79 Å². The Morgan fingerprint density at radius 3 is 2.79 bits per heavy atom. The molecule has 3 aromatic rings. The number of hydrogen-bond acceptors (Lipinski definition) is 8. The van der Waals surface area contributed by atoms with Gasteiger partial charge in [-0.1, -0.05) is 5.16 Å². The summed E-state index contributed by atoms with van der Waals surface area (Å²) >= 11 is 0. The van der Waals surface area contributed by atoms with Crippen LogP contribution in [0.4, 0.5) is 11.8 Å². The Kier molecular flexibility index (Phi) is 5.73. The van der Waals surface area contributed by atoms with Crippen molar-refractivity contribution in [3.8, 4) is 11.5 Å². The molecule has 0 saturated carbocycles. The van der Waals surface area contributed by atoms with Gasteiger partial charge >= 0.3 is 0 Å². The van der Waals surface area contributed by atoms with Crippen LogP contribution in [-0.2, 0) is 0 Å². The maximum atomic E-state index is 12.2. The predicted octanol–water partition coefficient (Wildman–Crippen LogP) is 2.87. The van der Waals surface area contributed by atoms with Gasteiger partial charge in [-0.25, -0.2) is 4.98 Å². The second-order valence-corrected chi connectivity index (χ2v) is 6.98. The molecule has 1 saturated heterocycles. The number of piperidine rings is 1. The average Bonchev–Trinajstić information content (AvgIpc) is 3.43. The minimum absolute atomic E-state index is 0.204. The third-order valence-electron chi connectivity index (χ3n) is 4.72. The molecule has 4 rings (SSSR count). The summed E-state index contributed by atoms with van der Waals surface area (Å²) in [5, 5.41) is 9.76. The minimum Gasteiger partial charge on any atom is -0.461 e. The van der Waals surface area contributed by atoms with Crippen molar-refractivity contribution in [2.24, 2.45) is 0 Å². The standard InChI is InChI=1S/C20H24N6O3/c1-14-12-18(26-9-3-2-4-10-26)24-20(23-14)22-8-7-21-19(27)15-13-17(29-25-15)16-6-5-11-28-16/h5-6,11-13H,2-4,7-10H2,1H3,(H,21,27)(H,22,23,24). The molecule has 29 heavy (non-hydrogen) atoms. The van der Waals surface area contributed by atoms with Crippen molar-refractivity contribution in [2.75, 3.05) is 36.4 Å². The monoisotopic (exact) mass is 396 g/mol. The van der Waals surface area contributed by atoms with Gasteiger partial charge in [-0.2, -0.15) is 4.98 Å². The van der Waals surface area contributed by atoms with Gasteiger partial charge in [0.15, 0.2) is 11.5 Å². The highest BCUT2D eigenvalue weighted by molar-refractivity contribution is 5.92. The van der Waals surface area contributed by atoms with E-state index in [1.807, 2.05) is 13.0 Å². The normalized spacial score (nSPS) is 14.0. The first kappa shape index (κ1) is 19.0. The molecule has 1 fully saturated rings. The first-order valence-corrected chi connectivity index (χ1v) is 9.82. The Hall–Kier alpha value is -3.36. The summed E-state index contributed by atoms with van der Waals surface area (Å²) in [4.78, 5) is 23.6. The van der Waals surface area contributed by atoms with E-state index in [-0.39, 0.29) is 11.6 Å². The third kappa shape index (κ3) is 4.74. The summed E-state index contributed by atoms with van der Waals surface area (Å²) in [5.41, 5.74) is 1.12. The quantitative estimate of drug-likeness (QED) is 0.587. The molecular formula is C20H24N6O3. The molecule has 0 aliphatic carbocycles. The molecule has 1 amide bonds. The van der Waals surface area contributed by atoms with Gasteiger partial charge in [-0.15, -0.1) is 0 Å². The summed E-state index contributed by atoms with van der Waals surface area (Å²) in [6.45, 7) is 4.92. The molecule has 3 aromatic heterocycles. The zero-order valence-electron chi connectivity index (χ0n) is 16.4. The van der Waals surface area contributed by atoms with Crippen LogP contribution >= 0.6 is 0 Å². The number of amides is 1. The second-order valence-electron chi connectivity index (χ2n) is 6.98. The Balaban J connectivity index is 1.28. The number of carbonyl (C=O) groups is 1. The lowest BCUT2D eigenvalue weighted by atomic mass is 10.1. The SMILES string of the molecule is Cc1cc(N2CCCCC2)nc(NCCNC(=O)c2cc(-c3ccco3)on2)n1. The van der Waals surface area contributed by atoms with E-state index in [1.54, 1.807) is 18.2 Å². The fourth-order valence-corrected chi connectivity index (χ4v) is 3.27. The molecule has 0 unspecified atom stereocenters. The van der Waals surface area contributed by atoms with Crippen LogP contribution in [0.3, 0.4) is 0 Å². The van der Waals surface area contributed by atoms with Crippen molar-refractivity contribution >= 4 is 17.7 Å². The Morgan fingerprint density at radius 1 is 1.14 bits per heavy atom. The van der Waals surface area contributed by atoms with Crippen LogP contribution in [0.2, 0.25) is 0 Å². The van der Waals surface area contributed by atoms with Crippen LogP contribution in [0.5, 0.6) is 0 Å². The van der Waals surface area contributed by atoms with Crippen molar-refractivity contribution in [1.29, 1.82) is 0 Å². The van der Waals surface area contributed by atoms with Crippen LogP contribution in [-0.4, -0.2) is 47.2 Å². The fraction of sp³-hybridized carbons (Fsp3) is 0.400. The van der Waals surface area contributed by atoms with E-state index in [0.29, 0.717) is 30.6 Å². The Morgan fingerprint density at radius 2 is 2.00 bits per heavy atom. The highest BCUT2D eigenvalue weighted by Crippen LogP contribution is 2.21. The lowest BCUT2D eigenvalue weighted by molar-refractivity contribution is 0.0946. The summed E-state index contributed by atoms with van der Waals surface area (Å²) in [7, 11) is 0. The second kappa shape index (κ2) is 8.76. The van der Waals surface area contributed by atoms with E-state index >= 15 is 0 Å². The van der Waals surface area contributed by atoms with Gasteiger partial charge in [0.1, 0.15) is 5.82 Å². The topological polar surface area (TPSA) is 109 Å². The summed E-state index contributed by atoms with van der Waals surface area (Å²) in [6, 6.07) is 7.05. The molecule has 0 bridgehead atoms. The largest absolute Gasteiger partial charge is 0.461 e. The molecule has 9 nitrogen and oxygen atoms in total. The summed E-state index contributed by atoms with van der Waals surface area (Å²) in [5.74, 6) is 2.15. The summed E-state index contributed by atoms with van der Waals surface area (Å²) < 4.78 is 10.4. The number of nitrogens with zero attached hydrogens (tertiary/aromatic N) is 4. The number of aromatic nitrogens is 3. The van der Waals surface area contributed by atoms with Crippen LogP contribution in [0, 0.1) is 6.92 Å². The van der Waals surface area contributed by atoms with Crippen molar-refractivity contribution in [1.82, 2.24) is 20.4 Å². The highest BCUT2D eigenvalue weighted by Gasteiger charge is 2.15. The van der Waals surface area contributed by atoms with Gasteiger partial charge in [0.05, 0.1) is 6.26 Å². The van der Waals surface area contributed by atoms with Gasteiger partial charge in [0.2, 0.25) is 11.7 Å². The van der Waals surface area contributed by atoms with E-state index in [4.69, 9.17) is 8.94 Å². The number of aryl methyl sites for hydroxylation is 1. The van der Waals surface area contributed by atoms with Crippen molar-refractivity contribution in [2.45, 2.75) is 26.2 Å². The molecule has 0 spiro atoms. The molecular weight excluding hydrogens is 372 g/mol. The van der Waals surface area contributed by atoms with Crippen molar-refractivity contribution < 1.29 is 13.7 Å². The van der Waals surface area contributed by atoms with Crippen molar-refractivity contribution in [3.63, 3.8) is 0 Å². The number of hydrogen-bond donors (Lipinski definition) is 2. The van der Waals surface area contributed by atoms with Crippen LogP contribution in [0.1, 0.15) is 35.4 Å². The first-order chi connectivity index (χ1) is 14.2. The third-order valence-corrected chi connectivity index (χ3v) is 4.72. The first-order valence-electron chi connectivity index (χ1n) is 9.82. The number of furan rings is 1. The maximum Gasteiger partial charge on any atom is 0.273 e. The van der Waals surface area contributed by atoms with Gasteiger partial charge in [0.25, 0.3) is 5.91 Å². The lowest BCUT2D eigenvalue weighted by Crippen LogP contribution is -2.31. The molecule has 2 N–H and O–H groups in total. The van der Waals surface area contributed by atoms with Crippen LogP contribution in [0.15, 0.2) is 39.5 Å². The minimum atomic E-state index is -0.312. The molecule has 152 valence electrons. The molecule has 9 heteroatoms. The zero-order chi connectivity index (χ0) is 20.1. The number of anilines is 2. The number of carbonyl (C=O) groups excluding carboxylic acids is 1. The smallest absolute Gasteiger partial charge is 0.273 e. The highest BCUT2D eigenvalue weighted by atomic mass is 16.5. The molecule has 0 radical (unpaired) electrons. The lowest BCUT2D eigenvalue weighted by Gasteiger charge is -2.28. The maximum absolute atomic E-state index is 12.2. The number of nitrogens with one attached hydrogen (secondary N) is 2. The average molecular weight is 396 g/mol. The Labute approximate surface area is 168 Å². The van der Waals surface area contributed by atoms with Gasteiger partial charge in [-0.05, 0) is 38.3 Å². The fourth-order valence-electron chi connectivity index (χ4n) is 3.27. The van der Waals surface area contributed by atoms with E-state index in [0.717, 1.165) is 24.6 Å². The molecule has 1 aliphatic heterocycles. The van der Waals surface area contributed by atoms with Crippen LogP contribution < -0.4 is 15.5 Å². The predicted molar refractivity (Wildman–Crippen MR) is 108 cm³/mol. The molecule has 0 atom stereocenters. The molecule has 1 aliphatic rings. The Bertz CT molecular complexity index is 947. The van der Waals surface area contributed by atoms with Gasteiger partial charge in [0, 0.05) is 44.0 Å². The van der Waals surface area contributed by atoms with E-state index in [9.17, 15) is 4.79 Å².